The predicted octanol–water partition coefficient (Wildman–Crippen LogP) is 5.01. The summed E-state index contributed by atoms with van der Waals surface area (Å²) in [5.41, 5.74) is 3.87. The molecule has 1 saturated heterocycles. The summed E-state index contributed by atoms with van der Waals surface area (Å²) in [5.74, 6) is 1.17. The van der Waals surface area contributed by atoms with Crippen LogP contribution in [0.5, 0.6) is 11.5 Å². The van der Waals surface area contributed by atoms with Crippen molar-refractivity contribution >= 4 is 29.9 Å². The fraction of sp³-hybridized carbons (Fsp3) is 0.103. The number of ether oxygens (including phenoxy) is 2. The van der Waals surface area contributed by atoms with Gasteiger partial charge in [0.15, 0.2) is 17.3 Å². The van der Waals surface area contributed by atoms with Crippen LogP contribution >= 0.6 is 0 Å². The van der Waals surface area contributed by atoms with Crippen LogP contribution in [-0.2, 0) is 9.59 Å². The average Bonchev–Trinajstić information content (AvgIpc) is 3.34. The number of nitrogens with zero attached hydrogens (tertiary/aromatic N) is 1. The minimum atomic E-state index is -0.164. The predicted molar refractivity (Wildman–Crippen MR) is 132 cm³/mol. The van der Waals surface area contributed by atoms with Crippen molar-refractivity contribution in [2.24, 2.45) is 0 Å². The first-order valence-electron chi connectivity index (χ1n) is 11.1. The van der Waals surface area contributed by atoms with Gasteiger partial charge < -0.3 is 14.4 Å². The minimum absolute atomic E-state index is 0.0310. The average molecular weight is 450 g/mol. The Labute approximate surface area is 198 Å². The molecule has 2 aliphatic heterocycles. The summed E-state index contributed by atoms with van der Waals surface area (Å²) in [4.78, 5) is 28.1. The number of rotatable bonds is 4. The van der Waals surface area contributed by atoms with Crippen molar-refractivity contribution < 1.29 is 19.1 Å². The van der Waals surface area contributed by atoms with Crippen LogP contribution < -0.4 is 9.47 Å². The van der Waals surface area contributed by atoms with E-state index in [9.17, 15) is 9.59 Å². The zero-order valence-electron chi connectivity index (χ0n) is 18.5. The Kier molecular flexibility index (Phi) is 6.08. The van der Waals surface area contributed by atoms with Gasteiger partial charge in [-0.15, -0.1) is 0 Å². The number of likely N-dealkylation sites (tertiary alicyclic amines) is 1. The molecule has 5 nitrogen and oxygen atoms in total. The number of Topliss-reactive ketones (excluding diaryl/α,β-unsaturated/α-hetero) is 1. The van der Waals surface area contributed by atoms with E-state index < -0.39 is 0 Å². The van der Waals surface area contributed by atoms with Crippen molar-refractivity contribution in [1.29, 1.82) is 0 Å². The molecular weight excluding hydrogens is 426 g/mol. The Balaban J connectivity index is 1.42. The molecule has 0 radical (unpaired) electrons. The van der Waals surface area contributed by atoms with Crippen LogP contribution in [0.25, 0.3) is 18.2 Å². The van der Waals surface area contributed by atoms with Crippen LogP contribution in [-0.4, -0.2) is 36.5 Å². The molecule has 0 atom stereocenters. The van der Waals surface area contributed by atoms with E-state index in [1.807, 2.05) is 91.0 Å². The second kappa shape index (κ2) is 9.63. The number of fused-ring (bicyclic) bond motifs is 1. The number of hydrogen-bond acceptors (Lipinski definition) is 4. The van der Waals surface area contributed by atoms with Gasteiger partial charge in [0.2, 0.25) is 12.7 Å². The molecular formula is C29H23NO4. The lowest BCUT2D eigenvalue weighted by atomic mass is 9.94. The largest absolute Gasteiger partial charge is 0.454 e. The molecule has 0 unspecified atom stereocenters. The Morgan fingerprint density at radius 2 is 1.32 bits per heavy atom. The number of ketones is 1. The summed E-state index contributed by atoms with van der Waals surface area (Å²) in [6, 6.07) is 24.9. The van der Waals surface area contributed by atoms with Crippen LogP contribution in [0.15, 0.2) is 96.1 Å². The monoisotopic (exact) mass is 449 g/mol. The fourth-order valence-electron chi connectivity index (χ4n) is 3.99. The van der Waals surface area contributed by atoms with Crippen molar-refractivity contribution in [2.45, 2.75) is 0 Å². The Bertz CT molecular complexity index is 1240. The lowest BCUT2D eigenvalue weighted by Crippen LogP contribution is -2.40. The van der Waals surface area contributed by atoms with Crippen LogP contribution in [0.1, 0.15) is 16.7 Å². The topological polar surface area (TPSA) is 55.8 Å². The number of piperidine rings is 1. The lowest BCUT2D eigenvalue weighted by Gasteiger charge is -2.29. The third-order valence-corrected chi connectivity index (χ3v) is 5.71. The third kappa shape index (κ3) is 4.84. The number of carbonyl (C=O) groups excluding carboxylic acids is 2. The molecule has 2 heterocycles. The molecule has 0 aromatic heterocycles. The van der Waals surface area contributed by atoms with Crippen LogP contribution in [0.2, 0.25) is 0 Å². The van der Waals surface area contributed by atoms with Gasteiger partial charge in [0.25, 0.3) is 0 Å². The molecule has 2 aliphatic rings. The van der Waals surface area contributed by atoms with E-state index >= 15 is 0 Å². The summed E-state index contributed by atoms with van der Waals surface area (Å²) in [7, 11) is 0. The Hall–Kier alpha value is -4.38. The minimum Gasteiger partial charge on any atom is -0.454 e. The standard InChI is InChI=1S/C29H23NO4/c31-28(14-12-23-11-13-26-27(17-23)34-20-33-26)30-18-24(15-21-7-3-1-4-8-21)29(32)25(19-30)16-22-9-5-2-6-10-22/h1-17H,18-20H2/b14-12+,24-15+,25-16+. The maximum absolute atomic E-state index is 13.3. The zero-order chi connectivity index (χ0) is 23.3. The SMILES string of the molecule is O=C1/C(=C/c2ccccc2)CN(C(=O)/C=C/c2ccc3c(c2)OCO3)C/C1=C\c1ccccc1. The highest BCUT2D eigenvalue weighted by atomic mass is 16.7. The van der Waals surface area contributed by atoms with Gasteiger partial charge in [-0.3, -0.25) is 9.59 Å². The van der Waals surface area contributed by atoms with Gasteiger partial charge in [0, 0.05) is 17.2 Å². The van der Waals surface area contributed by atoms with E-state index in [4.69, 9.17) is 9.47 Å². The summed E-state index contributed by atoms with van der Waals surface area (Å²) in [6.07, 6.45) is 7.01. The quantitative estimate of drug-likeness (QED) is 0.526. The lowest BCUT2D eigenvalue weighted by molar-refractivity contribution is -0.126. The van der Waals surface area contributed by atoms with Gasteiger partial charge in [-0.2, -0.15) is 0 Å². The van der Waals surface area contributed by atoms with Crippen molar-refractivity contribution in [3.63, 3.8) is 0 Å². The maximum Gasteiger partial charge on any atom is 0.247 e. The van der Waals surface area contributed by atoms with E-state index in [1.165, 1.54) is 6.08 Å². The Morgan fingerprint density at radius 3 is 1.94 bits per heavy atom. The van der Waals surface area contributed by atoms with Crippen molar-refractivity contribution in [3.8, 4) is 11.5 Å². The second-order valence-corrected chi connectivity index (χ2v) is 8.13. The van der Waals surface area contributed by atoms with Crippen LogP contribution in [0.4, 0.5) is 0 Å². The molecule has 5 heteroatoms. The molecule has 3 aromatic carbocycles. The van der Waals surface area contributed by atoms with E-state index in [1.54, 1.807) is 11.0 Å². The zero-order valence-corrected chi connectivity index (χ0v) is 18.5. The maximum atomic E-state index is 13.3. The Morgan fingerprint density at radius 1 is 0.735 bits per heavy atom. The van der Waals surface area contributed by atoms with E-state index in [2.05, 4.69) is 0 Å². The first-order chi connectivity index (χ1) is 16.7. The van der Waals surface area contributed by atoms with E-state index in [0.29, 0.717) is 22.6 Å². The highest BCUT2D eigenvalue weighted by molar-refractivity contribution is 6.15. The first kappa shape index (κ1) is 21.5. The molecule has 168 valence electrons. The van der Waals surface area contributed by atoms with E-state index in [0.717, 1.165) is 16.7 Å². The number of hydrogen-bond donors (Lipinski definition) is 0. The highest BCUT2D eigenvalue weighted by Crippen LogP contribution is 2.33. The van der Waals surface area contributed by atoms with Gasteiger partial charge in [0.1, 0.15) is 0 Å². The van der Waals surface area contributed by atoms with Crippen molar-refractivity contribution in [1.82, 2.24) is 4.90 Å². The molecule has 34 heavy (non-hydrogen) atoms. The molecule has 1 fully saturated rings. The van der Waals surface area contributed by atoms with E-state index in [-0.39, 0.29) is 31.6 Å². The summed E-state index contributed by atoms with van der Waals surface area (Å²) in [6.45, 7) is 0.713. The summed E-state index contributed by atoms with van der Waals surface area (Å²) < 4.78 is 10.8. The molecule has 3 aromatic rings. The van der Waals surface area contributed by atoms with Crippen LogP contribution in [0.3, 0.4) is 0 Å². The second-order valence-electron chi connectivity index (χ2n) is 8.13. The molecule has 0 saturated carbocycles. The molecule has 0 spiro atoms. The first-order valence-corrected chi connectivity index (χ1v) is 11.1. The smallest absolute Gasteiger partial charge is 0.247 e. The van der Waals surface area contributed by atoms with Gasteiger partial charge in [-0.05, 0) is 47.1 Å². The van der Waals surface area contributed by atoms with Gasteiger partial charge >= 0.3 is 0 Å². The molecule has 0 bridgehead atoms. The molecule has 0 N–H and O–H groups in total. The molecule has 0 aliphatic carbocycles. The van der Waals surface area contributed by atoms with Gasteiger partial charge in [-0.25, -0.2) is 0 Å². The van der Waals surface area contributed by atoms with Gasteiger partial charge in [-0.1, -0.05) is 66.7 Å². The third-order valence-electron chi connectivity index (χ3n) is 5.71. The number of carbonyl (C=O) groups is 2. The van der Waals surface area contributed by atoms with Crippen molar-refractivity contribution in [3.05, 3.63) is 113 Å². The molecule has 1 amide bonds. The van der Waals surface area contributed by atoms with Gasteiger partial charge in [0.05, 0.1) is 13.1 Å². The highest BCUT2D eigenvalue weighted by Gasteiger charge is 2.28. The fourth-order valence-corrected chi connectivity index (χ4v) is 3.99. The number of benzene rings is 3. The van der Waals surface area contributed by atoms with Crippen LogP contribution in [0, 0.1) is 0 Å². The molecule has 5 rings (SSSR count). The number of amides is 1. The summed E-state index contributed by atoms with van der Waals surface area (Å²) in [5, 5.41) is 0. The normalized spacial score (nSPS) is 17.6. The van der Waals surface area contributed by atoms with Crippen molar-refractivity contribution in [2.75, 3.05) is 19.9 Å². The summed E-state index contributed by atoms with van der Waals surface area (Å²) >= 11 is 0.